The van der Waals surface area contributed by atoms with Crippen LogP contribution in [-0.2, 0) is 18.4 Å². The molecule has 0 aliphatic carbocycles. The highest BCUT2D eigenvalue weighted by atomic mass is 31.2. The molecule has 8 nitrogen and oxygen atoms in total. The maximum absolute atomic E-state index is 12.7. The first kappa shape index (κ1) is 63.2. The maximum atomic E-state index is 12.7. The van der Waals surface area contributed by atoms with Crippen molar-refractivity contribution in [2.24, 2.45) is 0 Å². The molecule has 0 aliphatic heterocycles. The van der Waals surface area contributed by atoms with E-state index in [1.54, 1.807) is 6.08 Å². The Kier molecular flexibility index (Phi) is 45.2. The van der Waals surface area contributed by atoms with Gasteiger partial charge in [-0.05, 0) is 77.0 Å². The van der Waals surface area contributed by atoms with Crippen molar-refractivity contribution in [3.8, 4) is 0 Å². The summed E-state index contributed by atoms with van der Waals surface area (Å²) in [5.41, 5.74) is 0. The van der Waals surface area contributed by atoms with E-state index in [2.05, 4.69) is 109 Å². The van der Waals surface area contributed by atoms with Gasteiger partial charge in [0.1, 0.15) is 13.2 Å². The first-order chi connectivity index (χ1) is 32.0. The number of carbonyl (C=O) groups is 1. The van der Waals surface area contributed by atoms with Crippen molar-refractivity contribution in [1.82, 2.24) is 5.32 Å². The third-order valence-corrected chi connectivity index (χ3v) is 11.9. The lowest BCUT2D eigenvalue weighted by molar-refractivity contribution is -0.870. The van der Waals surface area contributed by atoms with Gasteiger partial charge in [-0.25, -0.2) is 0 Å². The van der Waals surface area contributed by atoms with Crippen LogP contribution < -0.4 is 10.2 Å². The number of nitrogens with one attached hydrogen (secondary N) is 1. The summed E-state index contributed by atoms with van der Waals surface area (Å²) in [7, 11) is 1.24. The zero-order valence-electron chi connectivity index (χ0n) is 42.9. The van der Waals surface area contributed by atoms with Gasteiger partial charge in [-0.1, -0.05) is 220 Å². The van der Waals surface area contributed by atoms with Crippen molar-refractivity contribution in [1.29, 1.82) is 0 Å². The molecule has 3 atom stereocenters. The Bertz CT molecular complexity index is 1440. The molecule has 3 unspecified atom stereocenters. The second-order valence-electron chi connectivity index (χ2n) is 18.5. The van der Waals surface area contributed by atoms with Crippen LogP contribution in [0.1, 0.15) is 194 Å². The smallest absolute Gasteiger partial charge is 0.268 e. The molecule has 378 valence electrons. The van der Waals surface area contributed by atoms with E-state index in [4.69, 9.17) is 9.05 Å². The molecular formula is C57H99N2O6P. The highest BCUT2D eigenvalue weighted by molar-refractivity contribution is 7.45. The number of nitrogens with zero attached hydrogens (tertiary/aromatic N) is 1. The molecule has 1 amide bonds. The number of carbonyl (C=O) groups excluding carboxylic acids is 1. The monoisotopic (exact) mass is 939 g/mol. The lowest BCUT2D eigenvalue weighted by atomic mass is 10.0. The summed E-state index contributed by atoms with van der Waals surface area (Å²) in [5.74, 6) is -0.213. The van der Waals surface area contributed by atoms with Gasteiger partial charge >= 0.3 is 0 Å². The fourth-order valence-corrected chi connectivity index (χ4v) is 7.60. The van der Waals surface area contributed by atoms with Crippen molar-refractivity contribution >= 4 is 13.7 Å². The van der Waals surface area contributed by atoms with Gasteiger partial charge in [0.25, 0.3) is 7.82 Å². The summed E-state index contributed by atoms with van der Waals surface area (Å²) < 4.78 is 22.9. The average molecular weight is 939 g/mol. The molecule has 0 spiro atoms. The standard InChI is InChI=1S/C57H99N2O6P/c1-6-8-10-11-12-13-14-15-16-17-18-19-20-21-22-23-24-25-26-27-28-29-30-31-32-33-34-35-36-37-38-39-40-41-42-43-44-45-46-47-49-51-57(61)58-55(56(60)50-48-9-7-2)54-65-66(62,63)64-53-52-59(3,4)5/h8,10,12-13,15-16,18-19,21-22,24-25,27-28,30-31,48,50,55-56,60H,6-7,9,11,14,17,20,23,26,29,32-47,49,51-54H2,1-5H3,(H-,58,61,62,63)/b10-8-,13-12-,16-15-,19-18-,22-21-,25-24-,28-27-,31-30-,50-48+. The van der Waals surface area contributed by atoms with E-state index >= 15 is 0 Å². The van der Waals surface area contributed by atoms with Crippen LogP contribution in [-0.4, -0.2) is 68.5 Å². The van der Waals surface area contributed by atoms with Crippen LogP contribution in [0.15, 0.2) is 109 Å². The molecule has 9 heteroatoms. The van der Waals surface area contributed by atoms with Crippen LogP contribution in [0.3, 0.4) is 0 Å². The van der Waals surface area contributed by atoms with Gasteiger partial charge in [0.2, 0.25) is 5.91 Å². The summed E-state index contributed by atoms with van der Waals surface area (Å²) in [6.45, 7) is 4.29. The molecule has 0 saturated heterocycles. The summed E-state index contributed by atoms with van der Waals surface area (Å²) in [5, 5.41) is 13.4. The molecule has 0 radical (unpaired) electrons. The molecule has 0 aromatic carbocycles. The number of likely N-dealkylation sites (N-methyl/N-ethyl adjacent to an activating group) is 1. The first-order valence-corrected chi connectivity index (χ1v) is 27.7. The highest BCUT2D eigenvalue weighted by Crippen LogP contribution is 2.38. The Balaban J connectivity index is 3.74. The molecule has 0 fully saturated rings. The predicted octanol–water partition coefficient (Wildman–Crippen LogP) is 15.0. The number of rotatable bonds is 46. The van der Waals surface area contributed by atoms with Crippen LogP contribution >= 0.6 is 7.82 Å². The quantitative estimate of drug-likeness (QED) is 0.0272. The van der Waals surface area contributed by atoms with Crippen molar-refractivity contribution in [2.75, 3.05) is 40.9 Å². The van der Waals surface area contributed by atoms with Crippen LogP contribution in [0.2, 0.25) is 0 Å². The Hall–Kier alpha value is -2.84. The topological polar surface area (TPSA) is 108 Å². The number of unbranched alkanes of at least 4 members (excludes halogenated alkanes) is 17. The van der Waals surface area contributed by atoms with E-state index < -0.39 is 20.0 Å². The van der Waals surface area contributed by atoms with Gasteiger partial charge in [0.05, 0.1) is 39.9 Å². The molecule has 0 rings (SSSR count). The zero-order chi connectivity index (χ0) is 48.5. The number of aliphatic hydroxyl groups excluding tert-OH is 1. The molecule has 0 aliphatic rings. The van der Waals surface area contributed by atoms with Gasteiger partial charge in [0.15, 0.2) is 0 Å². The third kappa shape index (κ3) is 49.1. The third-order valence-electron chi connectivity index (χ3n) is 11.0. The van der Waals surface area contributed by atoms with Gasteiger partial charge < -0.3 is 28.8 Å². The number of aliphatic hydroxyl groups is 1. The summed E-state index contributed by atoms with van der Waals surface area (Å²) in [4.78, 5) is 25.0. The minimum absolute atomic E-state index is 0.00608. The second-order valence-corrected chi connectivity index (χ2v) is 19.9. The van der Waals surface area contributed by atoms with E-state index in [1.807, 2.05) is 34.1 Å². The van der Waals surface area contributed by atoms with E-state index in [9.17, 15) is 19.4 Å². The highest BCUT2D eigenvalue weighted by Gasteiger charge is 2.23. The van der Waals surface area contributed by atoms with Gasteiger partial charge in [-0.15, -0.1) is 0 Å². The molecular weight excluding hydrogens is 840 g/mol. The lowest BCUT2D eigenvalue weighted by Gasteiger charge is -2.29. The average Bonchev–Trinajstić information content (AvgIpc) is 3.27. The van der Waals surface area contributed by atoms with Crippen LogP contribution in [0, 0.1) is 0 Å². The second kappa shape index (κ2) is 47.2. The largest absolute Gasteiger partial charge is 0.756 e. The number of quaternary nitrogens is 1. The van der Waals surface area contributed by atoms with E-state index in [1.165, 1.54) is 89.9 Å². The first-order valence-electron chi connectivity index (χ1n) is 26.2. The van der Waals surface area contributed by atoms with Crippen molar-refractivity contribution in [2.45, 2.75) is 206 Å². The van der Waals surface area contributed by atoms with Crippen molar-refractivity contribution in [3.05, 3.63) is 109 Å². The molecule has 2 N–H and O–H groups in total. The summed E-state index contributed by atoms with van der Waals surface area (Å²) in [6.07, 6.45) is 69.9. The zero-order valence-corrected chi connectivity index (χ0v) is 43.7. The van der Waals surface area contributed by atoms with E-state index in [-0.39, 0.29) is 19.1 Å². The number of amides is 1. The number of allylic oxidation sites excluding steroid dienone is 17. The molecule has 0 aromatic rings. The molecule has 0 heterocycles. The molecule has 0 saturated carbocycles. The Morgan fingerprint density at radius 3 is 1.32 bits per heavy atom. The van der Waals surface area contributed by atoms with Crippen LogP contribution in [0.4, 0.5) is 0 Å². The predicted molar refractivity (Wildman–Crippen MR) is 283 cm³/mol. The Labute approximate surface area is 406 Å². The van der Waals surface area contributed by atoms with Crippen LogP contribution in [0.5, 0.6) is 0 Å². The lowest BCUT2D eigenvalue weighted by Crippen LogP contribution is -2.45. The number of hydrogen-bond donors (Lipinski definition) is 2. The van der Waals surface area contributed by atoms with Gasteiger partial charge in [-0.3, -0.25) is 9.36 Å². The minimum atomic E-state index is -4.57. The van der Waals surface area contributed by atoms with Gasteiger partial charge in [0, 0.05) is 6.42 Å². The van der Waals surface area contributed by atoms with E-state index in [0.29, 0.717) is 17.4 Å². The molecule has 0 bridgehead atoms. The number of phosphoric acid groups is 1. The summed E-state index contributed by atoms with van der Waals surface area (Å²) >= 11 is 0. The van der Waals surface area contributed by atoms with E-state index in [0.717, 1.165) is 83.5 Å². The normalized spacial score (nSPS) is 15.0. The minimum Gasteiger partial charge on any atom is -0.756 e. The van der Waals surface area contributed by atoms with Crippen molar-refractivity contribution in [3.63, 3.8) is 0 Å². The fourth-order valence-electron chi connectivity index (χ4n) is 6.88. The van der Waals surface area contributed by atoms with Crippen molar-refractivity contribution < 1.29 is 32.9 Å². The Morgan fingerprint density at radius 1 is 0.545 bits per heavy atom. The van der Waals surface area contributed by atoms with Gasteiger partial charge in [-0.2, -0.15) is 0 Å². The SMILES string of the molecule is CC/C=C\C/C=C\C/C=C\C/C=C\C/C=C\C/C=C\C/C=C\C/C=C\CCCCCCCCCCCCCCCCCCC(=O)NC(COP(=O)([O-])OCC[N+](C)(C)C)C(O)/C=C/CCC. The Morgan fingerprint density at radius 2 is 0.924 bits per heavy atom. The number of phosphoric ester groups is 1. The molecule has 0 aromatic heterocycles. The van der Waals surface area contributed by atoms with Crippen LogP contribution in [0.25, 0.3) is 0 Å². The maximum Gasteiger partial charge on any atom is 0.268 e. The fraction of sp³-hybridized carbons (Fsp3) is 0.667. The number of hydrogen-bond acceptors (Lipinski definition) is 6. The summed E-state index contributed by atoms with van der Waals surface area (Å²) in [6, 6.07) is -0.886. The molecule has 66 heavy (non-hydrogen) atoms.